The molecule has 1 amide bonds. The quantitative estimate of drug-likeness (QED) is 0.820. The molecule has 0 aliphatic carbocycles. The first-order valence-electron chi connectivity index (χ1n) is 8.48. The van der Waals surface area contributed by atoms with Gasteiger partial charge in [-0.05, 0) is 75.1 Å². The van der Waals surface area contributed by atoms with Gasteiger partial charge < -0.3 is 14.8 Å². The van der Waals surface area contributed by atoms with Crippen molar-refractivity contribution in [2.45, 2.75) is 40.7 Å². The maximum Gasteiger partial charge on any atom is 0.338 e. The van der Waals surface area contributed by atoms with Gasteiger partial charge in [-0.15, -0.1) is 0 Å². The third-order valence-electron chi connectivity index (χ3n) is 4.43. The van der Waals surface area contributed by atoms with E-state index in [4.69, 9.17) is 9.47 Å². The number of anilines is 1. The van der Waals surface area contributed by atoms with E-state index in [-0.39, 0.29) is 5.91 Å². The van der Waals surface area contributed by atoms with Crippen molar-refractivity contribution in [3.8, 4) is 5.75 Å². The van der Waals surface area contributed by atoms with E-state index in [1.54, 1.807) is 32.0 Å². The molecule has 2 rings (SSSR count). The zero-order chi connectivity index (χ0) is 19.4. The number of amides is 1. The molecule has 0 aliphatic heterocycles. The Bertz CT molecular complexity index is 842. The van der Waals surface area contributed by atoms with Crippen LogP contribution < -0.4 is 10.1 Å². The minimum absolute atomic E-state index is 0.284. The number of nitrogens with one attached hydrogen (secondary N) is 1. The monoisotopic (exact) mass is 355 g/mol. The summed E-state index contributed by atoms with van der Waals surface area (Å²) in [7, 11) is 1.33. The summed E-state index contributed by atoms with van der Waals surface area (Å²) < 4.78 is 10.6. The Morgan fingerprint density at radius 1 is 1.04 bits per heavy atom. The van der Waals surface area contributed by atoms with Crippen LogP contribution in [0.1, 0.15) is 39.5 Å². The van der Waals surface area contributed by atoms with Crippen LogP contribution >= 0.6 is 0 Å². The van der Waals surface area contributed by atoms with E-state index in [9.17, 15) is 9.59 Å². The Kier molecular flexibility index (Phi) is 6.03. The second kappa shape index (κ2) is 8.04. The molecule has 0 bridgehead atoms. The Hall–Kier alpha value is -2.82. The maximum atomic E-state index is 12.5. The van der Waals surface area contributed by atoms with Crippen LogP contribution in [0, 0.1) is 27.7 Å². The summed E-state index contributed by atoms with van der Waals surface area (Å²) in [6.45, 7) is 9.44. The fourth-order valence-electron chi connectivity index (χ4n) is 2.70. The summed E-state index contributed by atoms with van der Waals surface area (Å²) in [5.41, 5.74) is 4.85. The van der Waals surface area contributed by atoms with Crippen LogP contribution in [0.25, 0.3) is 0 Å². The van der Waals surface area contributed by atoms with Gasteiger partial charge in [0.2, 0.25) is 0 Å². The highest BCUT2D eigenvalue weighted by molar-refractivity contribution is 5.98. The van der Waals surface area contributed by atoms with Gasteiger partial charge in [-0.1, -0.05) is 12.1 Å². The minimum Gasteiger partial charge on any atom is -0.481 e. The summed E-state index contributed by atoms with van der Waals surface area (Å²) in [5.74, 6) is -0.0207. The van der Waals surface area contributed by atoms with Crippen LogP contribution in [0.4, 0.5) is 5.69 Å². The third kappa shape index (κ3) is 4.23. The molecule has 0 radical (unpaired) electrons. The first kappa shape index (κ1) is 19.5. The van der Waals surface area contributed by atoms with Crippen molar-refractivity contribution in [1.29, 1.82) is 0 Å². The lowest BCUT2D eigenvalue weighted by molar-refractivity contribution is -0.122. The molecule has 2 aromatic carbocycles. The second-order valence-corrected chi connectivity index (χ2v) is 6.42. The summed E-state index contributed by atoms with van der Waals surface area (Å²) in [4.78, 5) is 24.3. The lowest BCUT2D eigenvalue weighted by Gasteiger charge is -2.19. The second-order valence-electron chi connectivity index (χ2n) is 6.42. The molecule has 1 unspecified atom stereocenters. The number of rotatable bonds is 5. The van der Waals surface area contributed by atoms with E-state index in [1.165, 1.54) is 7.11 Å². The van der Waals surface area contributed by atoms with Gasteiger partial charge in [-0.25, -0.2) is 4.79 Å². The van der Waals surface area contributed by atoms with Gasteiger partial charge in [-0.2, -0.15) is 0 Å². The molecule has 0 aliphatic rings. The van der Waals surface area contributed by atoms with Crippen LogP contribution in [0.2, 0.25) is 0 Å². The molecule has 0 heterocycles. The van der Waals surface area contributed by atoms with Crippen molar-refractivity contribution in [1.82, 2.24) is 0 Å². The Labute approximate surface area is 154 Å². The van der Waals surface area contributed by atoms with Crippen LogP contribution in [0.15, 0.2) is 30.3 Å². The van der Waals surface area contributed by atoms with E-state index in [2.05, 4.69) is 11.4 Å². The number of benzene rings is 2. The van der Waals surface area contributed by atoms with Crippen LogP contribution in [-0.2, 0) is 9.53 Å². The molecule has 1 atom stereocenters. The molecule has 26 heavy (non-hydrogen) atoms. The molecule has 0 saturated heterocycles. The van der Waals surface area contributed by atoms with Crippen molar-refractivity contribution in [3.05, 3.63) is 58.1 Å². The minimum atomic E-state index is -0.684. The van der Waals surface area contributed by atoms with Gasteiger partial charge in [-0.3, -0.25) is 4.79 Å². The molecular weight excluding hydrogens is 330 g/mol. The van der Waals surface area contributed by atoms with E-state index >= 15 is 0 Å². The van der Waals surface area contributed by atoms with Crippen LogP contribution in [0.5, 0.6) is 5.75 Å². The summed E-state index contributed by atoms with van der Waals surface area (Å²) in [6.07, 6.45) is -0.684. The predicted octanol–water partition coefficient (Wildman–Crippen LogP) is 4.11. The molecular formula is C21H25NO4. The van der Waals surface area contributed by atoms with Gasteiger partial charge in [0.05, 0.1) is 12.7 Å². The third-order valence-corrected chi connectivity index (χ3v) is 4.43. The van der Waals surface area contributed by atoms with Gasteiger partial charge in [0.25, 0.3) is 5.91 Å². The van der Waals surface area contributed by atoms with Crippen molar-refractivity contribution in [2.75, 3.05) is 12.4 Å². The highest BCUT2D eigenvalue weighted by atomic mass is 16.5. The number of aryl methyl sites for hydroxylation is 2. The molecule has 5 heteroatoms. The molecule has 0 fully saturated rings. The molecule has 5 nitrogen and oxygen atoms in total. The molecule has 0 aromatic heterocycles. The Morgan fingerprint density at radius 3 is 2.38 bits per heavy atom. The summed E-state index contributed by atoms with van der Waals surface area (Å²) >= 11 is 0. The van der Waals surface area contributed by atoms with E-state index in [0.29, 0.717) is 22.6 Å². The first-order valence-corrected chi connectivity index (χ1v) is 8.48. The van der Waals surface area contributed by atoms with Crippen molar-refractivity contribution >= 4 is 17.6 Å². The molecule has 1 N–H and O–H groups in total. The fraction of sp³-hybridized carbons (Fsp3) is 0.333. The van der Waals surface area contributed by atoms with E-state index in [0.717, 1.165) is 16.7 Å². The van der Waals surface area contributed by atoms with Crippen molar-refractivity contribution < 1.29 is 19.1 Å². The Morgan fingerprint density at radius 2 is 1.73 bits per heavy atom. The van der Waals surface area contributed by atoms with Crippen LogP contribution in [-0.4, -0.2) is 25.1 Å². The average molecular weight is 355 g/mol. The smallest absolute Gasteiger partial charge is 0.338 e. The van der Waals surface area contributed by atoms with Gasteiger partial charge in [0.15, 0.2) is 6.10 Å². The summed E-state index contributed by atoms with van der Waals surface area (Å²) in [6, 6.07) is 9.11. The molecule has 2 aromatic rings. The number of carbonyl (C=O) groups is 2. The lowest BCUT2D eigenvalue weighted by Crippen LogP contribution is -2.30. The van der Waals surface area contributed by atoms with Gasteiger partial charge in [0.1, 0.15) is 5.75 Å². The predicted molar refractivity (Wildman–Crippen MR) is 102 cm³/mol. The van der Waals surface area contributed by atoms with E-state index < -0.39 is 12.1 Å². The Balaban J connectivity index is 2.17. The largest absolute Gasteiger partial charge is 0.481 e. The highest BCUT2D eigenvalue weighted by Crippen LogP contribution is 2.25. The SMILES string of the molecule is COC(=O)c1cccc(NC(=O)C(C)Oc2cc(C)cc(C)c2C)c1C. The zero-order valence-electron chi connectivity index (χ0n) is 16.1. The average Bonchev–Trinajstić information content (AvgIpc) is 2.60. The molecule has 138 valence electrons. The standard InChI is InChI=1S/C21H25NO4/c1-12-10-13(2)14(3)19(11-12)26-16(5)20(23)22-18-9-7-8-17(15(18)4)21(24)25-6/h7-11,16H,1-6H3,(H,22,23). The zero-order valence-corrected chi connectivity index (χ0v) is 16.1. The molecule has 0 saturated carbocycles. The number of esters is 1. The summed E-state index contributed by atoms with van der Waals surface area (Å²) in [5, 5.41) is 2.83. The lowest BCUT2D eigenvalue weighted by atomic mass is 10.1. The molecule has 0 spiro atoms. The van der Waals surface area contributed by atoms with Crippen LogP contribution in [0.3, 0.4) is 0 Å². The number of hydrogen-bond acceptors (Lipinski definition) is 4. The van der Waals surface area contributed by atoms with Crippen molar-refractivity contribution in [2.24, 2.45) is 0 Å². The number of methoxy groups -OCH3 is 1. The maximum absolute atomic E-state index is 12.5. The number of carbonyl (C=O) groups excluding carboxylic acids is 2. The normalized spacial score (nSPS) is 11.6. The van der Waals surface area contributed by atoms with Crippen molar-refractivity contribution in [3.63, 3.8) is 0 Å². The van der Waals surface area contributed by atoms with Gasteiger partial charge in [0, 0.05) is 5.69 Å². The number of ether oxygens (including phenoxy) is 2. The fourth-order valence-corrected chi connectivity index (χ4v) is 2.70. The van der Waals surface area contributed by atoms with E-state index in [1.807, 2.05) is 26.8 Å². The number of hydrogen-bond donors (Lipinski definition) is 1. The topological polar surface area (TPSA) is 64.6 Å². The first-order chi connectivity index (χ1) is 12.2. The highest BCUT2D eigenvalue weighted by Gasteiger charge is 2.19. The van der Waals surface area contributed by atoms with Gasteiger partial charge >= 0.3 is 5.97 Å².